The van der Waals surface area contributed by atoms with Crippen molar-refractivity contribution in [2.24, 2.45) is 0 Å². The Kier molecular flexibility index (Phi) is 29.3. The van der Waals surface area contributed by atoms with Gasteiger partial charge < -0.3 is 23.7 Å². The molecule has 2 aliphatic rings. The van der Waals surface area contributed by atoms with Crippen LogP contribution in [-0.4, -0.2) is 51.2 Å². The minimum atomic E-state index is -0.341. The molecule has 2 saturated heterocycles. The lowest BCUT2D eigenvalue weighted by molar-refractivity contribution is -0.256. The second-order valence-electron chi connectivity index (χ2n) is 14.2. The number of allylic oxidation sites excluding steroid dienone is 4. The lowest BCUT2D eigenvalue weighted by atomic mass is 10.1. The molecule has 0 bridgehead atoms. The smallest absolute Gasteiger partial charge is 0.189 e. The van der Waals surface area contributed by atoms with Crippen LogP contribution in [0.25, 0.3) is 0 Å². The van der Waals surface area contributed by atoms with Gasteiger partial charge in [-0.2, -0.15) is 0 Å². The highest BCUT2D eigenvalue weighted by Crippen LogP contribution is 2.26. The molecule has 0 radical (unpaired) electrons. The number of unbranched alkanes of at least 4 members (excludes halogenated alkanes) is 24. The molecule has 0 aliphatic carbocycles. The number of rotatable bonds is 38. The van der Waals surface area contributed by atoms with E-state index in [2.05, 4.69) is 38.2 Å². The molecule has 5 nitrogen and oxygen atoms in total. The van der Waals surface area contributed by atoms with Gasteiger partial charge in [0.2, 0.25) is 0 Å². The zero-order valence-electron chi connectivity index (χ0n) is 31.3. The molecule has 2 aliphatic heterocycles. The maximum atomic E-state index is 6.25. The first-order valence-corrected chi connectivity index (χ1v) is 20.8. The third kappa shape index (κ3) is 27.8. The second-order valence-corrected chi connectivity index (χ2v) is 14.2. The topological polar surface area (TPSA) is 52.8 Å². The maximum absolute atomic E-state index is 6.25. The van der Waals surface area contributed by atoms with Crippen molar-refractivity contribution < 1.29 is 23.7 Å². The van der Waals surface area contributed by atoms with Gasteiger partial charge in [-0.3, -0.25) is 0 Å². The van der Waals surface area contributed by atoms with Crippen LogP contribution in [0.15, 0.2) is 24.3 Å². The molecule has 2 heterocycles. The van der Waals surface area contributed by atoms with Crippen LogP contribution in [0.3, 0.4) is 0 Å². The van der Waals surface area contributed by atoms with E-state index >= 15 is 0 Å². The summed E-state index contributed by atoms with van der Waals surface area (Å²) in [7, 11) is 0. The van der Waals surface area contributed by atoms with E-state index in [0.717, 1.165) is 26.1 Å². The summed E-state index contributed by atoms with van der Waals surface area (Å²) in [5, 5.41) is 0. The summed E-state index contributed by atoms with van der Waals surface area (Å²) >= 11 is 0. The molecule has 4 atom stereocenters. The molecule has 0 amide bonds. The van der Waals surface area contributed by atoms with Crippen molar-refractivity contribution in [3.63, 3.8) is 0 Å². The Labute approximate surface area is 292 Å². The third-order valence-corrected chi connectivity index (χ3v) is 9.47. The molecule has 2 rings (SSSR count). The highest BCUT2D eigenvalue weighted by molar-refractivity contribution is 4.82. The molecule has 0 spiro atoms. The first-order chi connectivity index (χ1) is 23.3. The van der Waals surface area contributed by atoms with Crippen molar-refractivity contribution in [1.29, 1.82) is 0 Å². The minimum Gasteiger partial charge on any atom is -0.368 e. The van der Waals surface area contributed by atoms with Gasteiger partial charge in [0.25, 0.3) is 0 Å². The Morgan fingerprint density at radius 2 is 0.702 bits per heavy atom. The van der Waals surface area contributed by atoms with Crippen LogP contribution < -0.4 is 0 Å². The van der Waals surface area contributed by atoms with Crippen LogP contribution in [0, 0.1) is 0 Å². The highest BCUT2D eigenvalue weighted by Gasteiger charge is 2.42. The highest BCUT2D eigenvalue weighted by atomic mass is 16.8. The van der Waals surface area contributed by atoms with Crippen LogP contribution >= 0.6 is 0 Å². The SMILES string of the molecule is CCCCCCCC/C=C\CCCCCCCCOC(OC(OCCCCCCCC/C=C\CCCCCCCC)C1CO1)C1CO1. The standard InChI is InChI=1S/C42H78O5/c1-3-5-7-9-11-13-15-17-19-21-23-25-27-29-31-33-35-43-41(39-37-45-39)47-42(40-38-46-40)44-36-34-32-30-28-26-24-22-20-18-16-14-12-10-8-6-4-2/h17-20,39-42H,3-16,21-38H2,1-2H3/b19-17-,20-18-. The lowest BCUT2D eigenvalue weighted by Gasteiger charge is -2.23. The largest absolute Gasteiger partial charge is 0.368 e. The molecular formula is C42H78O5. The zero-order valence-corrected chi connectivity index (χ0v) is 31.3. The van der Waals surface area contributed by atoms with E-state index in [-0.39, 0.29) is 24.8 Å². The summed E-state index contributed by atoms with van der Waals surface area (Å²) in [4.78, 5) is 0. The lowest BCUT2D eigenvalue weighted by Crippen LogP contribution is -2.34. The van der Waals surface area contributed by atoms with Crippen LogP contribution in [0.4, 0.5) is 0 Å². The van der Waals surface area contributed by atoms with Gasteiger partial charge in [-0.1, -0.05) is 154 Å². The number of hydrogen-bond acceptors (Lipinski definition) is 5. The first-order valence-electron chi connectivity index (χ1n) is 20.8. The summed E-state index contributed by atoms with van der Waals surface area (Å²) in [6.07, 6.45) is 45.8. The number of hydrogen-bond donors (Lipinski definition) is 0. The Balaban J connectivity index is 1.38. The first kappa shape index (κ1) is 42.4. The van der Waals surface area contributed by atoms with Gasteiger partial charge in [-0.05, 0) is 64.2 Å². The molecule has 47 heavy (non-hydrogen) atoms. The predicted octanol–water partition coefficient (Wildman–Crippen LogP) is 12.6. The molecule has 2 fully saturated rings. The Morgan fingerprint density at radius 1 is 0.426 bits per heavy atom. The van der Waals surface area contributed by atoms with Gasteiger partial charge in [-0.25, -0.2) is 0 Å². The predicted molar refractivity (Wildman–Crippen MR) is 199 cm³/mol. The van der Waals surface area contributed by atoms with Gasteiger partial charge >= 0.3 is 0 Å². The van der Waals surface area contributed by atoms with Crippen molar-refractivity contribution in [1.82, 2.24) is 0 Å². The minimum absolute atomic E-state index is 0.0411. The summed E-state index contributed by atoms with van der Waals surface area (Å²) in [5.41, 5.74) is 0. The van der Waals surface area contributed by atoms with Crippen molar-refractivity contribution in [2.45, 2.75) is 218 Å². The van der Waals surface area contributed by atoms with Gasteiger partial charge in [0, 0.05) is 13.2 Å². The molecule has 0 aromatic heterocycles. The Morgan fingerprint density at radius 3 is 1.00 bits per heavy atom. The average molecular weight is 663 g/mol. The molecule has 0 aromatic rings. The van der Waals surface area contributed by atoms with Crippen LogP contribution in [0.2, 0.25) is 0 Å². The summed E-state index contributed by atoms with van der Waals surface area (Å²) in [6, 6.07) is 0. The van der Waals surface area contributed by atoms with Crippen LogP contribution in [0.5, 0.6) is 0 Å². The van der Waals surface area contributed by atoms with Crippen LogP contribution in [0.1, 0.15) is 194 Å². The average Bonchev–Trinajstić information content (AvgIpc) is 4.01. The fraction of sp³-hybridized carbons (Fsp3) is 0.905. The summed E-state index contributed by atoms with van der Waals surface area (Å²) in [6.45, 7) is 7.44. The third-order valence-electron chi connectivity index (χ3n) is 9.47. The molecule has 0 aromatic carbocycles. The number of ether oxygens (including phenoxy) is 5. The van der Waals surface area contributed by atoms with Crippen molar-refractivity contribution in [3.8, 4) is 0 Å². The molecule has 0 saturated carbocycles. The molecule has 276 valence electrons. The monoisotopic (exact) mass is 663 g/mol. The van der Waals surface area contributed by atoms with E-state index < -0.39 is 0 Å². The van der Waals surface area contributed by atoms with Gasteiger partial charge in [0.1, 0.15) is 12.2 Å². The van der Waals surface area contributed by atoms with E-state index in [9.17, 15) is 0 Å². The van der Waals surface area contributed by atoms with E-state index in [1.807, 2.05) is 0 Å². The van der Waals surface area contributed by atoms with Gasteiger partial charge in [-0.15, -0.1) is 0 Å². The quantitative estimate of drug-likeness (QED) is 0.0285. The van der Waals surface area contributed by atoms with E-state index in [1.54, 1.807) is 0 Å². The van der Waals surface area contributed by atoms with Crippen LogP contribution in [-0.2, 0) is 23.7 Å². The van der Waals surface area contributed by atoms with Crippen molar-refractivity contribution >= 4 is 0 Å². The molecule has 0 N–H and O–H groups in total. The normalized spacial score (nSPS) is 18.9. The maximum Gasteiger partial charge on any atom is 0.189 e. The Bertz CT molecular complexity index is 643. The zero-order chi connectivity index (χ0) is 33.3. The number of epoxide rings is 2. The van der Waals surface area contributed by atoms with Gasteiger partial charge in [0.05, 0.1) is 13.2 Å². The molecule has 4 unspecified atom stereocenters. The van der Waals surface area contributed by atoms with Gasteiger partial charge in [0.15, 0.2) is 12.6 Å². The van der Waals surface area contributed by atoms with E-state index in [0.29, 0.717) is 13.2 Å². The van der Waals surface area contributed by atoms with Crippen molar-refractivity contribution in [2.75, 3.05) is 26.4 Å². The molecular weight excluding hydrogens is 584 g/mol. The fourth-order valence-corrected chi connectivity index (χ4v) is 6.12. The summed E-state index contributed by atoms with van der Waals surface area (Å²) < 4.78 is 29.6. The van der Waals surface area contributed by atoms with E-state index in [1.165, 1.54) is 167 Å². The molecule has 5 heteroatoms. The fourth-order valence-electron chi connectivity index (χ4n) is 6.12. The Hall–Kier alpha value is -0.720. The second kappa shape index (κ2) is 32.5. The van der Waals surface area contributed by atoms with E-state index in [4.69, 9.17) is 23.7 Å². The van der Waals surface area contributed by atoms with Crippen molar-refractivity contribution in [3.05, 3.63) is 24.3 Å². The summed E-state index contributed by atoms with van der Waals surface area (Å²) in [5.74, 6) is 0.